The molecule has 1 aliphatic carbocycles. The van der Waals surface area contributed by atoms with Crippen LogP contribution >= 0.6 is 34.9 Å². The fraction of sp³-hybridized carbons (Fsp3) is 0.381. The van der Waals surface area contributed by atoms with Gasteiger partial charge >= 0.3 is 0 Å². The number of benzene rings is 1. The van der Waals surface area contributed by atoms with Crippen LogP contribution in [0.25, 0.3) is 15.9 Å². The third-order valence-electron chi connectivity index (χ3n) is 5.02. The molecule has 3 aromatic heterocycles. The Balaban J connectivity index is 1.61. The summed E-state index contributed by atoms with van der Waals surface area (Å²) in [5.74, 6) is 0.503. The Morgan fingerprint density at radius 1 is 1.10 bits per heavy atom. The van der Waals surface area contributed by atoms with E-state index in [9.17, 15) is 4.39 Å². The number of hydrogen-bond acceptors (Lipinski definition) is 6. The Bertz CT molecular complexity index is 1180. The van der Waals surface area contributed by atoms with Crippen molar-refractivity contribution in [3.63, 3.8) is 0 Å². The molecule has 8 heteroatoms. The second-order valence-corrected chi connectivity index (χ2v) is 11.1. The minimum Gasteiger partial charge on any atom is -0.247 e. The van der Waals surface area contributed by atoms with Crippen LogP contribution in [0.5, 0.6) is 0 Å². The van der Waals surface area contributed by atoms with Crippen LogP contribution < -0.4 is 0 Å². The number of fused-ring (bicyclic) bond motifs is 5. The van der Waals surface area contributed by atoms with Gasteiger partial charge in [0.15, 0.2) is 16.0 Å². The Hall–Kier alpha value is -1.64. The number of hydrogen-bond donors (Lipinski definition) is 0. The maximum Gasteiger partial charge on any atom is 0.198 e. The van der Waals surface area contributed by atoms with Gasteiger partial charge in [-0.05, 0) is 48.9 Å². The molecule has 1 aromatic carbocycles. The molecular formula is C21H21FN4S3. The van der Waals surface area contributed by atoms with Gasteiger partial charge in [-0.1, -0.05) is 49.5 Å². The van der Waals surface area contributed by atoms with E-state index in [1.807, 2.05) is 23.5 Å². The molecule has 0 aliphatic heterocycles. The molecule has 5 rings (SSSR count). The van der Waals surface area contributed by atoms with Crippen LogP contribution in [0.2, 0.25) is 0 Å². The average Bonchev–Trinajstić information content (AvgIpc) is 3.28. The molecule has 4 nitrogen and oxygen atoms in total. The largest absolute Gasteiger partial charge is 0.247 e. The Morgan fingerprint density at radius 2 is 1.90 bits per heavy atom. The third kappa shape index (κ3) is 3.66. The maximum atomic E-state index is 13.2. The lowest BCUT2D eigenvalue weighted by Gasteiger charge is -2.11. The van der Waals surface area contributed by atoms with Crippen LogP contribution in [-0.4, -0.2) is 24.8 Å². The van der Waals surface area contributed by atoms with Crippen LogP contribution in [0.1, 0.15) is 42.7 Å². The van der Waals surface area contributed by atoms with Gasteiger partial charge in [0, 0.05) is 15.9 Å². The van der Waals surface area contributed by atoms with Crippen LogP contribution in [0, 0.1) is 5.82 Å². The van der Waals surface area contributed by atoms with Gasteiger partial charge in [0.05, 0.1) is 5.39 Å². The van der Waals surface area contributed by atoms with Crippen molar-refractivity contribution < 1.29 is 4.39 Å². The summed E-state index contributed by atoms with van der Waals surface area (Å²) in [6.07, 6.45) is 4.74. The number of aromatic nitrogens is 4. The molecule has 0 saturated carbocycles. The molecule has 0 atom stereocenters. The molecule has 0 amide bonds. The molecule has 4 aromatic rings. The number of aryl methyl sites for hydroxylation is 2. The lowest BCUT2D eigenvalue weighted by atomic mass is 9.97. The van der Waals surface area contributed by atoms with E-state index in [2.05, 4.69) is 28.4 Å². The summed E-state index contributed by atoms with van der Waals surface area (Å²) in [6.45, 7) is 4.36. The van der Waals surface area contributed by atoms with Crippen LogP contribution in [0.3, 0.4) is 0 Å². The van der Waals surface area contributed by atoms with E-state index in [4.69, 9.17) is 4.98 Å². The molecule has 150 valence electrons. The summed E-state index contributed by atoms with van der Waals surface area (Å²) in [6, 6.07) is 6.64. The molecule has 0 bridgehead atoms. The summed E-state index contributed by atoms with van der Waals surface area (Å²) >= 11 is 5.20. The number of thiophene rings is 1. The minimum absolute atomic E-state index is 0.212. The van der Waals surface area contributed by atoms with E-state index >= 15 is 0 Å². The zero-order valence-corrected chi connectivity index (χ0v) is 18.8. The highest BCUT2D eigenvalue weighted by molar-refractivity contribution is 8.00. The van der Waals surface area contributed by atoms with Crippen LogP contribution in [0.4, 0.5) is 4.39 Å². The fourth-order valence-corrected chi connectivity index (χ4v) is 6.82. The lowest BCUT2D eigenvalue weighted by Crippen LogP contribution is -2.02. The first-order valence-electron chi connectivity index (χ1n) is 9.83. The van der Waals surface area contributed by atoms with E-state index < -0.39 is 0 Å². The van der Waals surface area contributed by atoms with Crippen molar-refractivity contribution in [2.45, 2.75) is 60.8 Å². The predicted octanol–water partition coefficient (Wildman–Crippen LogP) is 6.15. The van der Waals surface area contributed by atoms with Gasteiger partial charge in [0.25, 0.3) is 0 Å². The van der Waals surface area contributed by atoms with Gasteiger partial charge < -0.3 is 0 Å². The highest BCUT2D eigenvalue weighted by Gasteiger charge is 2.24. The minimum atomic E-state index is -0.212. The van der Waals surface area contributed by atoms with Crippen molar-refractivity contribution in [3.8, 4) is 0 Å². The first-order valence-corrected chi connectivity index (χ1v) is 12.5. The first-order chi connectivity index (χ1) is 14.1. The van der Waals surface area contributed by atoms with Gasteiger partial charge in [0.1, 0.15) is 10.6 Å². The zero-order valence-electron chi connectivity index (χ0n) is 16.3. The van der Waals surface area contributed by atoms with Crippen LogP contribution in [0.15, 0.2) is 34.6 Å². The maximum absolute atomic E-state index is 13.2. The Kier molecular flexibility index (Phi) is 5.26. The van der Waals surface area contributed by atoms with E-state index in [0.29, 0.717) is 11.0 Å². The van der Waals surface area contributed by atoms with Gasteiger partial charge in [-0.25, -0.2) is 13.8 Å². The molecule has 0 fully saturated rings. The smallest absolute Gasteiger partial charge is 0.198 e. The molecule has 1 aliphatic rings. The average molecular weight is 445 g/mol. The van der Waals surface area contributed by atoms with Gasteiger partial charge in [-0.3, -0.25) is 0 Å². The summed E-state index contributed by atoms with van der Waals surface area (Å²) in [4.78, 5) is 7.61. The summed E-state index contributed by atoms with van der Waals surface area (Å²) in [5.41, 5.74) is 3.42. The van der Waals surface area contributed by atoms with Crippen molar-refractivity contribution in [1.82, 2.24) is 19.6 Å². The van der Waals surface area contributed by atoms with Crippen molar-refractivity contribution in [2.24, 2.45) is 0 Å². The highest BCUT2D eigenvalue weighted by atomic mass is 32.2. The number of nitrogens with zero attached hydrogens (tertiary/aromatic N) is 4. The molecule has 3 heterocycles. The highest BCUT2D eigenvalue weighted by Crippen LogP contribution is 2.40. The van der Waals surface area contributed by atoms with Gasteiger partial charge in [0.2, 0.25) is 0 Å². The molecular weight excluding hydrogens is 423 g/mol. The van der Waals surface area contributed by atoms with Gasteiger partial charge in [-0.15, -0.1) is 21.5 Å². The molecule has 0 saturated heterocycles. The Morgan fingerprint density at radius 3 is 2.69 bits per heavy atom. The molecule has 0 N–H and O–H groups in total. The fourth-order valence-electron chi connectivity index (χ4n) is 3.71. The van der Waals surface area contributed by atoms with Crippen molar-refractivity contribution >= 4 is 50.7 Å². The zero-order chi connectivity index (χ0) is 20.0. The SMILES string of the molecule is CC(C)Sc1nc2sc3c(c2c2nnc(SCc4ccc(F)cc4)n12)CCCC3. The number of rotatable bonds is 5. The second-order valence-electron chi connectivity index (χ2n) is 7.51. The summed E-state index contributed by atoms with van der Waals surface area (Å²) in [5, 5.41) is 12.5. The topological polar surface area (TPSA) is 43.1 Å². The van der Waals surface area contributed by atoms with E-state index in [1.54, 1.807) is 23.5 Å². The second kappa shape index (κ2) is 7.89. The van der Waals surface area contributed by atoms with Crippen molar-refractivity contribution in [2.75, 3.05) is 0 Å². The number of thioether (sulfide) groups is 2. The van der Waals surface area contributed by atoms with E-state index in [0.717, 1.165) is 39.2 Å². The Labute approximate surface area is 181 Å². The monoisotopic (exact) mass is 444 g/mol. The van der Waals surface area contributed by atoms with Crippen molar-refractivity contribution in [3.05, 3.63) is 46.1 Å². The first kappa shape index (κ1) is 19.3. The van der Waals surface area contributed by atoms with Crippen molar-refractivity contribution in [1.29, 1.82) is 0 Å². The quantitative estimate of drug-likeness (QED) is 0.273. The molecule has 29 heavy (non-hydrogen) atoms. The lowest BCUT2D eigenvalue weighted by molar-refractivity contribution is 0.627. The summed E-state index contributed by atoms with van der Waals surface area (Å²) < 4.78 is 15.3. The van der Waals surface area contributed by atoms with E-state index in [-0.39, 0.29) is 5.82 Å². The van der Waals surface area contributed by atoms with Gasteiger partial charge in [-0.2, -0.15) is 0 Å². The number of halogens is 1. The van der Waals surface area contributed by atoms with E-state index in [1.165, 1.54) is 40.8 Å². The molecule has 0 spiro atoms. The summed E-state index contributed by atoms with van der Waals surface area (Å²) in [7, 11) is 0. The third-order valence-corrected chi connectivity index (χ3v) is 8.16. The standard InChI is InChI=1S/C21H21FN4S3/c1-12(2)28-20-23-19-17(15-5-3-4-6-16(15)29-19)18-24-25-21(26(18)20)27-11-13-7-9-14(22)10-8-13/h7-10,12H,3-6,11H2,1-2H3. The normalized spacial score (nSPS) is 14.2. The molecule has 0 unspecified atom stereocenters. The molecule has 0 radical (unpaired) electrons. The predicted molar refractivity (Wildman–Crippen MR) is 120 cm³/mol. The van der Waals surface area contributed by atoms with Crippen LogP contribution in [-0.2, 0) is 18.6 Å².